The molecule has 1 heterocycles. The van der Waals surface area contributed by atoms with E-state index in [1.54, 1.807) is 0 Å². The van der Waals surface area contributed by atoms with Crippen LogP contribution in [0, 0.1) is 0 Å². The van der Waals surface area contributed by atoms with Crippen LogP contribution in [0.3, 0.4) is 0 Å². The van der Waals surface area contributed by atoms with Gasteiger partial charge in [-0.2, -0.15) is 0 Å². The van der Waals surface area contributed by atoms with Crippen molar-refractivity contribution in [2.75, 3.05) is 32.8 Å². The molecule has 0 amide bonds. The van der Waals surface area contributed by atoms with Gasteiger partial charge in [-0.3, -0.25) is 4.90 Å². The number of rotatable bonds is 6. The van der Waals surface area contributed by atoms with Crippen molar-refractivity contribution in [2.24, 2.45) is 0 Å². The second-order valence-corrected chi connectivity index (χ2v) is 6.84. The smallest absolute Gasteiger partial charge is 0.0535 e. The third-order valence-corrected chi connectivity index (χ3v) is 4.61. The van der Waals surface area contributed by atoms with Gasteiger partial charge in [0, 0.05) is 38.4 Å². The molecular weight excluding hydrogens is 260 g/mol. The molecule has 21 heavy (non-hydrogen) atoms. The van der Waals surface area contributed by atoms with Crippen LogP contribution in [0.15, 0.2) is 30.3 Å². The molecule has 3 nitrogen and oxygen atoms in total. The summed E-state index contributed by atoms with van der Waals surface area (Å²) in [7, 11) is 0. The Bertz CT molecular complexity index is 432. The van der Waals surface area contributed by atoms with Crippen molar-refractivity contribution < 1.29 is 4.74 Å². The van der Waals surface area contributed by atoms with E-state index in [-0.39, 0.29) is 11.1 Å². The van der Waals surface area contributed by atoms with Crippen LogP contribution in [0.5, 0.6) is 0 Å². The van der Waals surface area contributed by atoms with Crippen molar-refractivity contribution in [1.82, 2.24) is 10.2 Å². The summed E-state index contributed by atoms with van der Waals surface area (Å²) in [6, 6.07) is 10.8. The van der Waals surface area contributed by atoms with E-state index in [0.29, 0.717) is 0 Å². The summed E-state index contributed by atoms with van der Waals surface area (Å²) < 4.78 is 5.49. The number of benzene rings is 1. The maximum absolute atomic E-state index is 5.49. The number of ether oxygens (including phenoxy) is 1. The Kier molecular flexibility index (Phi) is 5.42. The fourth-order valence-electron chi connectivity index (χ4n) is 3.06. The zero-order valence-electron chi connectivity index (χ0n) is 14.0. The lowest BCUT2D eigenvalue weighted by Gasteiger charge is -2.51. The van der Waals surface area contributed by atoms with Crippen LogP contribution in [0.4, 0.5) is 0 Å². The Morgan fingerprint density at radius 2 is 1.90 bits per heavy atom. The highest BCUT2D eigenvalue weighted by Crippen LogP contribution is 2.30. The van der Waals surface area contributed by atoms with Crippen LogP contribution in [0.1, 0.15) is 39.7 Å². The Labute approximate surface area is 129 Å². The maximum Gasteiger partial charge on any atom is 0.0535 e. The third kappa shape index (κ3) is 4.06. The van der Waals surface area contributed by atoms with Gasteiger partial charge >= 0.3 is 0 Å². The zero-order chi connectivity index (χ0) is 15.3. The molecule has 118 valence electrons. The molecule has 1 aromatic carbocycles. The van der Waals surface area contributed by atoms with Gasteiger partial charge < -0.3 is 10.1 Å². The van der Waals surface area contributed by atoms with Gasteiger partial charge in [0.25, 0.3) is 0 Å². The number of nitrogens with zero attached hydrogens (tertiary/aromatic N) is 1. The summed E-state index contributed by atoms with van der Waals surface area (Å²) in [4.78, 5) is 2.61. The second-order valence-electron chi connectivity index (χ2n) is 6.84. The molecule has 0 saturated carbocycles. The van der Waals surface area contributed by atoms with Gasteiger partial charge in [-0.1, -0.05) is 30.3 Å². The first kappa shape index (κ1) is 16.5. The Balaban J connectivity index is 2.04. The highest BCUT2D eigenvalue weighted by Gasteiger charge is 2.40. The molecule has 1 aromatic rings. The largest absolute Gasteiger partial charge is 0.382 e. The normalized spacial score (nSPS) is 25.9. The molecule has 2 rings (SSSR count). The first-order valence-electron chi connectivity index (χ1n) is 8.11. The van der Waals surface area contributed by atoms with E-state index in [0.717, 1.165) is 39.3 Å². The van der Waals surface area contributed by atoms with Gasteiger partial charge in [0.2, 0.25) is 0 Å². The minimum atomic E-state index is 0.0302. The van der Waals surface area contributed by atoms with Gasteiger partial charge in [0.05, 0.1) is 5.54 Å². The van der Waals surface area contributed by atoms with Gasteiger partial charge in [-0.15, -0.1) is 0 Å². The molecule has 1 aliphatic heterocycles. The van der Waals surface area contributed by atoms with Gasteiger partial charge in [0.1, 0.15) is 0 Å². The molecule has 1 unspecified atom stereocenters. The lowest BCUT2D eigenvalue weighted by molar-refractivity contribution is 0.0227. The highest BCUT2D eigenvalue weighted by molar-refractivity contribution is 5.25. The molecule has 1 saturated heterocycles. The Hall–Kier alpha value is -0.900. The molecule has 1 fully saturated rings. The predicted octanol–water partition coefficient (Wildman–Crippen LogP) is 3.01. The summed E-state index contributed by atoms with van der Waals surface area (Å²) in [6.45, 7) is 13.8. The van der Waals surface area contributed by atoms with Crippen molar-refractivity contribution in [2.45, 2.75) is 45.2 Å². The van der Waals surface area contributed by atoms with E-state index < -0.39 is 0 Å². The molecule has 1 atom stereocenters. The van der Waals surface area contributed by atoms with Crippen molar-refractivity contribution in [3.8, 4) is 0 Å². The highest BCUT2D eigenvalue weighted by atomic mass is 16.5. The standard InChI is InChI=1S/C18H30N2O/c1-5-21-13-9-12-20-15-18(4,19-14-17(20,2)3)16-10-7-6-8-11-16/h6-8,10-11,19H,5,9,12-15H2,1-4H3. The first-order valence-corrected chi connectivity index (χ1v) is 8.11. The van der Waals surface area contributed by atoms with Gasteiger partial charge in [0.15, 0.2) is 0 Å². The zero-order valence-corrected chi connectivity index (χ0v) is 14.0. The topological polar surface area (TPSA) is 24.5 Å². The SMILES string of the molecule is CCOCCCN1CC(C)(c2ccccc2)NCC1(C)C. The predicted molar refractivity (Wildman–Crippen MR) is 88.6 cm³/mol. The van der Waals surface area contributed by atoms with E-state index in [9.17, 15) is 0 Å². The summed E-state index contributed by atoms with van der Waals surface area (Å²) >= 11 is 0. The number of hydrogen-bond acceptors (Lipinski definition) is 3. The third-order valence-electron chi connectivity index (χ3n) is 4.61. The van der Waals surface area contributed by atoms with Gasteiger partial charge in [-0.25, -0.2) is 0 Å². The van der Waals surface area contributed by atoms with Crippen molar-refractivity contribution in [3.05, 3.63) is 35.9 Å². The number of hydrogen-bond donors (Lipinski definition) is 1. The molecule has 0 radical (unpaired) electrons. The second kappa shape index (κ2) is 6.91. The lowest BCUT2D eigenvalue weighted by atomic mass is 9.85. The van der Waals surface area contributed by atoms with Gasteiger partial charge in [-0.05, 0) is 39.7 Å². The van der Waals surface area contributed by atoms with Crippen molar-refractivity contribution in [3.63, 3.8) is 0 Å². The van der Waals surface area contributed by atoms with Crippen LogP contribution >= 0.6 is 0 Å². The van der Waals surface area contributed by atoms with E-state index in [1.807, 2.05) is 0 Å². The molecule has 1 N–H and O–H groups in total. The fraction of sp³-hybridized carbons (Fsp3) is 0.667. The molecule has 0 spiro atoms. The fourth-order valence-corrected chi connectivity index (χ4v) is 3.06. The molecular formula is C18H30N2O. The summed E-state index contributed by atoms with van der Waals surface area (Å²) in [5.41, 5.74) is 1.60. The number of nitrogens with one attached hydrogen (secondary N) is 1. The average Bonchev–Trinajstić information content (AvgIpc) is 2.48. The van der Waals surface area contributed by atoms with Crippen molar-refractivity contribution >= 4 is 0 Å². The molecule has 0 aromatic heterocycles. The van der Waals surface area contributed by atoms with E-state index in [4.69, 9.17) is 4.74 Å². The number of piperazine rings is 1. The minimum absolute atomic E-state index is 0.0302. The van der Waals surface area contributed by atoms with E-state index in [2.05, 4.69) is 68.2 Å². The summed E-state index contributed by atoms with van der Waals surface area (Å²) in [6.07, 6.45) is 1.10. The average molecular weight is 290 g/mol. The van der Waals surface area contributed by atoms with Crippen molar-refractivity contribution in [1.29, 1.82) is 0 Å². The molecule has 3 heteroatoms. The quantitative estimate of drug-likeness (QED) is 0.815. The van der Waals surface area contributed by atoms with Crippen LogP contribution in [0.25, 0.3) is 0 Å². The molecule has 0 aliphatic carbocycles. The monoisotopic (exact) mass is 290 g/mol. The maximum atomic E-state index is 5.49. The molecule has 0 bridgehead atoms. The van der Waals surface area contributed by atoms with Crippen LogP contribution in [0.2, 0.25) is 0 Å². The summed E-state index contributed by atoms with van der Waals surface area (Å²) in [5.74, 6) is 0. The Morgan fingerprint density at radius 1 is 1.19 bits per heavy atom. The minimum Gasteiger partial charge on any atom is -0.382 e. The van der Waals surface area contributed by atoms with E-state index >= 15 is 0 Å². The first-order chi connectivity index (χ1) is 9.98. The molecule has 1 aliphatic rings. The lowest BCUT2D eigenvalue weighted by Crippen LogP contribution is -2.65. The van der Waals surface area contributed by atoms with E-state index in [1.165, 1.54) is 5.56 Å². The van der Waals surface area contributed by atoms with Crippen LogP contribution < -0.4 is 5.32 Å². The van der Waals surface area contributed by atoms with Crippen LogP contribution in [-0.4, -0.2) is 43.3 Å². The Morgan fingerprint density at radius 3 is 2.57 bits per heavy atom. The van der Waals surface area contributed by atoms with Crippen LogP contribution in [-0.2, 0) is 10.3 Å². The summed E-state index contributed by atoms with van der Waals surface area (Å²) in [5, 5.41) is 3.76.